The van der Waals surface area contributed by atoms with Crippen molar-refractivity contribution in [3.8, 4) is 11.8 Å². The van der Waals surface area contributed by atoms with Crippen LogP contribution in [0.1, 0.15) is 11.4 Å². The van der Waals surface area contributed by atoms with Crippen LogP contribution in [0.25, 0.3) is 22.7 Å². The van der Waals surface area contributed by atoms with Crippen LogP contribution < -0.4 is 4.18 Å². The third-order valence-corrected chi connectivity index (χ3v) is 5.81. The zero-order valence-electron chi connectivity index (χ0n) is 15.4. The Morgan fingerprint density at radius 3 is 2.50 bits per heavy atom. The molecule has 1 heterocycles. The summed E-state index contributed by atoms with van der Waals surface area (Å²) in [5, 5.41) is 9.66. The lowest BCUT2D eigenvalue weighted by Crippen LogP contribution is -2.09. The number of nitrogens with one attached hydrogen (secondary N) is 1. The fraction of sp³-hybridized carbons (Fsp3) is 0. The van der Waals surface area contributed by atoms with Gasteiger partial charge in [-0.1, -0.05) is 48.0 Å². The number of H-pyrrole nitrogens is 1. The molecule has 0 saturated carbocycles. The Labute approximate surface area is 178 Å². The van der Waals surface area contributed by atoms with Gasteiger partial charge in [-0.25, -0.2) is 4.98 Å². The van der Waals surface area contributed by atoms with Gasteiger partial charge in [-0.05, 0) is 48.0 Å². The summed E-state index contributed by atoms with van der Waals surface area (Å²) < 4.78 is 29.9. The summed E-state index contributed by atoms with van der Waals surface area (Å²) >= 11 is 6.23. The second-order valence-corrected chi connectivity index (χ2v) is 8.27. The Hall–Kier alpha value is -3.60. The molecule has 6 nitrogen and oxygen atoms in total. The maximum Gasteiger partial charge on any atom is 0.339 e. The highest BCUT2D eigenvalue weighted by molar-refractivity contribution is 7.87. The van der Waals surface area contributed by atoms with Crippen LogP contribution in [0.2, 0.25) is 5.02 Å². The summed E-state index contributed by atoms with van der Waals surface area (Å²) in [5.74, 6) is 0.432. The number of aromatic nitrogens is 2. The summed E-state index contributed by atoms with van der Waals surface area (Å²) in [6.45, 7) is 0. The van der Waals surface area contributed by atoms with Gasteiger partial charge >= 0.3 is 10.1 Å². The molecule has 0 aliphatic rings. The number of rotatable bonds is 5. The fourth-order valence-corrected chi connectivity index (χ4v) is 4.07. The number of hydrogen-bond donors (Lipinski definition) is 1. The lowest BCUT2D eigenvalue weighted by Gasteiger charge is -2.09. The number of para-hydroxylation sites is 2. The van der Waals surface area contributed by atoms with E-state index in [4.69, 9.17) is 15.8 Å². The van der Waals surface area contributed by atoms with Gasteiger partial charge in [0, 0.05) is 0 Å². The molecular formula is C22H14ClN3O3S. The normalized spacial score (nSPS) is 11.9. The number of nitrogens with zero attached hydrogens (tertiary/aromatic N) is 2. The fourth-order valence-electron chi connectivity index (χ4n) is 2.83. The predicted octanol–water partition coefficient (Wildman–Crippen LogP) is 5.05. The molecule has 148 valence electrons. The van der Waals surface area contributed by atoms with Crippen LogP contribution in [-0.2, 0) is 10.1 Å². The van der Waals surface area contributed by atoms with Crippen molar-refractivity contribution < 1.29 is 12.6 Å². The molecule has 0 aliphatic carbocycles. The van der Waals surface area contributed by atoms with Gasteiger partial charge in [-0.3, -0.25) is 0 Å². The van der Waals surface area contributed by atoms with Gasteiger partial charge in [0.25, 0.3) is 0 Å². The average Bonchev–Trinajstić information content (AvgIpc) is 3.18. The zero-order valence-corrected chi connectivity index (χ0v) is 17.0. The number of allylic oxidation sites excluding steroid dienone is 1. The number of imidazole rings is 1. The van der Waals surface area contributed by atoms with E-state index in [-0.39, 0.29) is 15.7 Å². The van der Waals surface area contributed by atoms with Gasteiger partial charge in [0.05, 0.1) is 21.6 Å². The molecule has 0 unspecified atom stereocenters. The van der Waals surface area contributed by atoms with Gasteiger partial charge in [-0.2, -0.15) is 13.7 Å². The highest BCUT2D eigenvalue weighted by Gasteiger charge is 2.18. The highest BCUT2D eigenvalue weighted by atomic mass is 35.5. The van der Waals surface area contributed by atoms with E-state index < -0.39 is 10.1 Å². The highest BCUT2D eigenvalue weighted by Crippen LogP contribution is 2.30. The van der Waals surface area contributed by atoms with Gasteiger partial charge in [0.2, 0.25) is 0 Å². The number of aromatic amines is 1. The van der Waals surface area contributed by atoms with Crippen molar-refractivity contribution in [1.29, 1.82) is 5.26 Å². The molecule has 8 heteroatoms. The Bertz CT molecular complexity index is 1370. The van der Waals surface area contributed by atoms with E-state index >= 15 is 0 Å². The molecule has 0 amide bonds. The van der Waals surface area contributed by atoms with Crippen LogP contribution in [0, 0.1) is 11.3 Å². The van der Waals surface area contributed by atoms with Crippen LogP contribution in [0.3, 0.4) is 0 Å². The summed E-state index contributed by atoms with van der Waals surface area (Å²) in [6, 6.07) is 22.0. The van der Waals surface area contributed by atoms with Crippen LogP contribution >= 0.6 is 11.6 Å². The molecule has 3 aromatic carbocycles. The molecule has 1 aromatic heterocycles. The van der Waals surface area contributed by atoms with Gasteiger partial charge in [0.15, 0.2) is 5.75 Å². The first-order chi connectivity index (χ1) is 14.5. The van der Waals surface area contributed by atoms with Gasteiger partial charge in [-0.15, -0.1) is 0 Å². The third kappa shape index (κ3) is 4.06. The quantitative estimate of drug-likeness (QED) is 0.349. The molecule has 4 aromatic rings. The number of benzene rings is 3. The molecule has 0 fully saturated rings. The maximum absolute atomic E-state index is 12.4. The molecule has 0 atom stereocenters. The number of hydrogen-bond acceptors (Lipinski definition) is 5. The van der Waals surface area contributed by atoms with Crippen molar-refractivity contribution in [2.24, 2.45) is 0 Å². The molecule has 30 heavy (non-hydrogen) atoms. The molecule has 0 aliphatic heterocycles. The van der Waals surface area contributed by atoms with Crippen LogP contribution in [0.15, 0.2) is 77.7 Å². The smallest absolute Gasteiger partial charge is 0.339 e. The second-order valence-electron chi connectivity index (χ2n) is 6.31. The van der Waals surface area contributed by atoms with E-state index in [0.717, 1.165) is 11.0 Å². The largest absolute Gasteiger partial charge is 0.377 e. The van der Waals surface area contributed by atoms with Crippen molar-refractivity contribution in [1.82, 2.24) is 9.97 Å². The van der Waals surface area contributed by atoms with E-state index in [1.54, 1.807) is 30.3 Å². The zero-order chi connectivity index (χ0) is 21.1. The summed E-state index contributed by atoms with van der Waals surface area (Å²) in [7, 11) is -4.00. The van der Waals surface area contributed by atoms with E-state index in [9.17, 15) is 13.7 Å². The van der Waals surface area contributed by atoms with Crippen molar-refractivity contribution in [2.45, 2.75) is 4.90 Å². The van der Waals surface area contributed by atoms with Crippen molar-refractivity contribution in [3.63, 3.8) is 0 Å². The lowest BCUT2D eigenvalue weighted by atomic mass is 10.1. The first-order valence-electron chi connectivity index (χ1n) is 8.82. The topological polar surface area (TPSA) is 95.8 Å². The second kappa shape index (κ2) is 8.03. The van der Waals surface area contributed by atoms with E-state index in [0.29, 0.717) is 17.0 Å². The van der Waals surface area contributed by atoms with Crippen LogP contribution in [0.4, 0.5) is 0 Å². The van der Waals surface area contributed by atoms with Crippen LogP contribution in [-0.4, -0.2) is 18.4 Å². The SMILES string of the molecule is N#C/C(=C\c1ccc(OS(=O)(=O)c2ccccc2)c(Cl)c1)c1nc2ccccc2[nH]1. The summed E-state index contributed by atoms with van der Waals surface area (Å²) in [4.78, 5) is 7.55. The molecule has 0 radical (unpaired) electrons. The van der Waals surface area contributed by atoms with Crippen molar-refractivity contribution in [2.75, 3.05) is 0 Å². The Kier molecular flexibility index (Phi) is 5.27. The van der Waals surface area contributed by atoms with Gasteiger partial charge in [0.1, 0.15) is 16.8 Å². The number of halogens is 1. The first-order valence-corrected chi connectivity index (χ1v) is 10.6. The van der Waals surface area contributed by atoms with Crippen molar-refractivity contribution >= 4 is 44.4 Å². The predicted molar refractivity (Wildman–Crippen MR) is 115 cm³/mol. The molecule has 1 N–H and O–H groups in total. The Morgan fingerprint density at radius 2 is 1.80 bits per heavy atom. The van der Waals surface area contributed by atoms with E-state index in [1.807, 2.05) is 24.3 Å². The standard InChI is InChI=1S/C22H14ClN3O3S/c23-18-13-15(10-11-21(18)29-30(27,28)17-6-2-1-3-7-17)12-16(14-24)22-25-19-8-4-5-9-20(19)26-22/h1-13H,(H,25,26)/b16-12+. The number of fused-ring (bicyclic) bond motifs is 1. The number of nitriles is 1. The van der Waals surface area contributed by atoms with Crippen molar-refractivity contribution in [3.05, 3.63) is 89.2 Å². The molecule has 0 saturated heterocycles. The summed E-state index contributed by atoms with van der Waals surface area (Å²) in [6.07, 6.45) is 1.61. The monoisotopic (exact) mass is 435 g/mol. The maximum atomic E-state index is 12.4. The third-order valence-electron chi connectivity index (χ3n) is 4.26. The summed E-state index contributed by atoms with van der Waals surface area (Å²) in [5.41, 5.74) is 2.48. The van der Waals surface area contributed by atoms with E-state index in [2.05, 4.69) is 16.0 Å². The molecular weight excluding hydrogens is 422 g/mol. The first kappa shape index (κ1) is 19.7. The molecule has 0 spiro atoms. The average molecular weight is 436 g/mol. The molecule has 0 bridgehead atoms. The van der Waals surface area contributed by atoms with Gasteiger partial charge < -0.3 is 9.17 Å². The molecule has 4 rings (SSSR count). The van der Waals surface area contributed by atoms with E-state index in [1.165, 1.54) is 24.3 Å². The van der Waals surface area contributed by atoms with Crippen LogP contribution in [0.5, 0.6) is 5.75 Å². The minimum absolute atomic E-state index is 0.0000792. The Morgan fingerprint density at radius 1 is 1.07 bits per heavy atom. The minimum Gasteiger partial charge on any atom is -0.377 e. The minimum atomic E-state index is -4.00. The lowest BCUT2D eigenvalue weighted by molar-refractivity contribution is 0.486. The Balaban J connectivity index is 1.63.